The highest BCUT2D eigenvalue weighted by Crippen LogP contribution is 2.27. The van der Waals surface area contributed by atoms with Crippen molar-refractivity contribution >= 4 is 11.0 Å². The van der Waals surface area contributed by atoms with E-state index in [0.29, 0.717) is 30.8 Å². The number of nitrogens with zero attached hydrogens (tertiary/aromatic N) is 1. The lowest BCUT2D eigenvalue weighted by atomic mass is 10.1. The second-order valence-electron chi connectivity index (χ2n) is 6.19. The van der Waals surface area contributed by atoms with Crippen molar-refractivity contribution in [2.75, 3.05) is 20.2 Å². The van der Waals surface area contributed by atoms with Gasteiger partial charge in [-0.05, 0) is 43.8 Å². The van der Waals surface area contributed by atoms with E-state index in [0.717, 1.165) is 10.9 Å². The summed E-state index contributed by atoms with van der Waals surface area (Å²) in [7, 11) is 1.89. The van der Waals surface area contributed by atoms with E-state index in [2.05, 4.69) is 0 Å². The molecule has 3 aromatic rings. The van der Waals surface area contributed by atoms with Crippen molar-refractivity contribution in [1.82, 2.24) is 4.90 Å². The van der Waals surface area contributed by atoms with Gasteiger partial charge in [0.2, 0.25) is 0 Å². The molecular weight excluding hydrogens is 337 g/mol. The van der Waals surface area contributed by atoms with E-state index in [4.69, 9.17) is 9.15 Å². The van der Waals surface area contributed by atoms with Gasteiger partial charge in [0.05, 0.1) is 0 Å². The maximum absolute atomic E-state index is 13.5. The van der Waals surface area contributed by atoms with E-state index in [1.165, 1.54) is 12.1 Å². The number of halogens is 1. The van der Waals surface area contributed by atoms with Crippen LogP contribution in [0.2, 0.25) is 0 Å². The van der Waals surface area contributed by atoms with Crippen LogP contribution in [0.4, 0.5) is 4.39 Å². The number of fused-ring (bicyclic) bond motifs is 1. The first-order valence-corrected chi connectivity index (χ1v) is 8.27. The number of aryl methyl sites for hydroxylation is 1. The number of phenolic OH excluding ortho intramolecular Hbond substituents is 1. The summed E-state index contributed by atoms with van der Waals surface area (Å²) >= 11 is 0. The Morgan fingerprint density at radius 2 is 2.00 bits per heavy atom. The van der Waals surface area contributed by atoms with Crippen molar-refractivity contribution in [1.29, 1.82) is 0 Å². The van der Waals surface area contributed by atoms with Crippen LogP contribution < -0.4 is 10.4 Å². The van der Waals surface area contributed by atoms with Gasteiger partial charge >= 0.3 is 5.63 Å². The molecule has 0 atom stereocenters. The molecule has 136 valence electrons. The molecule has 0 saturated carbocycles. The SMILES string of the molecule is Cc1c(O)ccc2c(CN(C)CCOc3ccccc3F)cc(=O)oc12. The zero-order valence-electron chi connectivity index (χ0n) is 14.7. The molecule has 0 aliphatic rings. The molecule has 0 unspecified atom stereocenters. The van der Waals surface area contributed by atoms with Gasteiger partial charge in [0.25, 0.3) is 0 Å². The van der Waals surface area contributed by atoms with Crippen LogP contribution >= 0.6 is 0 Å². The molecule has 26 heavy (non-hydrogen) atoms. The summed E-state index contributed by atoms with van der Waals surface area (Å²) in [4.78, 5) is 13.8. The van der Waals surface area contributed by atoms with E-state index in [-0.39, 0.29) is 11.5 Å². The van der Waals surface area contributed by atoms with Crippen LogP contribution in [0.3, 0.4) is 0 Å². The largest absolute Gasteiger partial charge is 0.508 e. The van der Waals surface area contributed by atoms with E-state index in [1.54, 1.807) is 37.3 Å². The minimum Gasteiger partial charge on any atom is -0.508 e. The molecule has 6 heteroatoms. The number of likely N-dealkylation sites (N-methyl/N-ethyl adjacent to an activating group) is 1. The smallest absolute Gasteiger partial charge is 0.336 e. The van der Waals surface area contributed by atoms with Crippen LogP contribution in [0.5, 0.6) is 11.5 Å². The topological polar surface area (TPSA) is 62.9 Å². The number of aromatic hydroxyl groups is 1. The summed E-state index contributed by atoms with van der Waals surface area (Å²) in [5, 5.41) is 10.6. The first-order valence-electron chi connectivity index (χ1n) is 8.27. The Morgan fingerprint density at radius 1 is 1.23 bits per heavy atom. The molecule has 1 heterocycles. The fraction of sp³-hybridized carbons (Fsp3) is 0.250. The fourth-order valence-electron chi connectivity index (χ4n) is 2.79. The summed E-state index contributed by atoms with van der Waals surface area (Å²) in [5.74, 6) is -0.0839. The standard InChI is InChI=1S/C20H20FNO4/c1-13-17(23)8-7-15-14(11-19(24)26-20(13)15)12-22(2)9-10-25-18-6-4-3-5-16(18)21/h3-8,11,23H,9-10,12H2,1-2H3. The van der Waals surface area contributed by atoms with Gasteiger partial charge in [0, 0.05) is 30.1 Å². The number of hydrogen-bond donors (Lipinski definition) is 1. The summed E-state index contributed by atoms with van der Waals surface area (Å²) < 4.78 is 24.3. The lowest BCUT2D eigenvalue weighted by molar-refractivity contribution is 0.227. The van der Waals surface area contributed by atoms with Gasteiger partial charge in [-0.1, -0.05) is 12.1 Å². The Kier molecular flexibility index (Phi) is 5.23. The molecule has 3 rings (SSSR count). The van der Waals surface area contributed by atoms with Crippen molar-refractivity contribution in [2.24, 2.45) is 0 Å². The molecule has 1 aromatic heterocycles. The highest BCUT2D eigenvalue weighted by atomic mass is 19.1. The van der Waals surface area contributed by atoms with Crippen molar-refractivity contribution in [3.05, 3.63) is 69.8 Å². The van der Waals surface area contributed by atoms with Gasteiger partial charge in [-0.25, -0.2) is 9.18 Å². The van der Waals surface area contributed by atoms with Gasteiger partial charge in [-0.3, -0.25) is 4.90 Å². The van der Waals surface area contributed by atoms with Crippen LogP contribution in [-0.4, -0.2) is 30.2 Å². The van der Waals surface area contributed by atoms with Crippen LogP contribution in [-0.2, 0) is 6.54 Å². The average molecular weight is 357 g/mol. The average Bonchev–Trinajstić information content (AvgIpc) is 2.60. The molecule has 0 saturated heterocycles. The van der Waals surface area contributed by atoms with Crippen molar-refractivity contribution in [3.63, 3.8) is 0 Å². The Bertz CT molecular complexity index is 983. The molecule has 0 spiro atoms. The minimum absolute atomic E-state index is 0.0874. The number of rotatable bonds is 6. The lowest BCUT2D eigenvalue weighted by Crippen LogP contribution is -2.24. The normalized spacial score (nSPS) is 11.2. The second kappa shape index (κ2) is 7.58. The third-order valence-electron chi connectivity index (χ3n) is 4.23. The molecule has 0 aliphatic heterocycles. The molecule has 2 aromatic carbocycles. The minimum atomic E-state index is -0.461. The van der Waals surface area contributed by atoms with Crippen molar-refractivity contribution in [3.8, 4) is 11.5 Å². The Labute approximate surface area is 150 Å². The van der Waals surface area contributed by atoms with Gasteiger partial charge in [0.15, 0.2) is 11.6 Å². The molecular formula is C20H20FNO4. The molecule has 5 nitrogen and oxygen atoms in total. The Morgan fingerprint density at radius 3 is 2.77 bits per heavy atom. The lowest BCUT2D eigenvalue weighted by Gasteiger charge is -2.18. The van der Waals surface area contributed by atoms with Crippen LogP contribution in [0, 0.1) is 12.7 Å². The highest BCUT2D eigenvalue weighted by molar-refractivity contribution is 5.84. The van der Waals surface area contributed by atoms with Gasteiger partial charge in [-0.15, -0.1) is 0 Å². The molecule has 0 bridgehead atoms. The predicted octanol–water partition coefficient (Wildman–Crippen LogP) is 3.46. The molecule has 0 radical (unpaired) electrons. The second-order valence-corrected chi connectivity index (χ2v) is 6.19. The molecule has 0 amide bonds. The van der Waals surface area contributed by atoms with E-state index >= 15 is 0 Å². The summed E-state index contributed by atoms with van der Waals surface area (Å²) in [6.07, 6.45) is 0. The first kappa shape index (κ1) is 17.9. The number of ether oxygens (including phenoxy) is 1. The van der Waals surface area contributed by atoms with Gasteiger partial charge < -0.3 is 14.3 Å². The monoisotopic (exact) mass is 357 g/mol. The highest BCUT2D eigenvalue weighted by Gasteiger charge is 2.12. The molecule has 0 fully saturated rings. The number of para-hydroxylation sites is 1. The zero-order valence-corrected chi connectivity index (χ0v) is 14.7. The van der Waals surface area contributed by atoms with Crippen LogP contribution in [0.25, 0.3) is 11.0 Å². The quantitative estimate of drug-likeness (QED) is 0.685. The van der Waals surface area contributed by atoms with Crippen molar-refractivity contribution in [2.45, 2.75) is 13.5 Å². The number of hydrogen-bond acceptors (Lipinski definition) is 5. The number of benzene rings is 2. The van der Waals surface area contributed by atoms with E-state index < -0.39 is 11.4 Å². The van der Waals surface area contributed by atoms with Crippen LogP contribution in [0.1, 0.15) is 11.1 Å². The van der Waals surface area contributed by atoms with Gasteiger partial charge in [0.1, 0.15) is 17.9 Å². The van der Waals surface area contributed by atoms with Crippen LogP contribution in [0.15, 0.2) is 51.7 Å². The third kappa shape index (κ3) is 3.86. The maximum Gasteiger partial charge on any atom is 0.336 e. The van der Waals surface area contributed by atoms with E-state index in [1.807, 2.05) is 11.9 Å². The summed E-state index contributed by atoms with van der Waals surface area (Å²) in [6.45, 7) is 3.06. The van der Waals surface area contributed by atoms with Crippen molar-refractivity contribution < 1.29 is 18.7 Å². The Balaban J connectivity index is 1.71. The number of phenols is 1. The molecule has 1 N–H and O–H groups in total. The summed E-state index contributed by atoms with van der Waals surface area (Å²) in [5.41, 5.74) is 1.26. The summed E-state index contributed by atoms with van der Waals surface area (Å²) in [6, 6.07) is 11.0. The maximum atomic E-state index is 13.5. The zero-order chi connectivity index (χ0) is 18.7. The Hall–Kier alpha value is -2.86. The third-order valence-corrected chi connectivity index (χ3v) is 4.23. The molecule has 0 aliphatic carbocycles. The first-order chi connectivity index (χ1) is 12.5. The fourth-order valence-corrected chi connectivity index (χ4v) is 2.79. The van der Waals surface area contributed by atoms with Gasteiger partial charge in [-0.2, -0.15) is 0 Å². The van der Waals surface area contributed by atoms with E-state index in [9.17, 15) is 14.3 Å². The predicted molar refractivity (Wildman–Crippen MR) is 97.1 cm³/mol.